The number of para-hydroxylation sites is 1. The fraction of sp³-hybridized carbons (Fsp3) is 0.120. The third-order valence-corrected chi connectivity index (χ3v) is 7.09. The number of benzene rings is 3. The van der Waals surface area contributed by atoms with Gasteiger partial charge in [0.15, 0.2) is 4.96 Å². The van der Waals surface area contributed by atoms with Crippen LogP contribution in [-0.2, 0) is 6.61 Å². The number of rotatable bonds is 4. The van der Waals surface area contributed by atoms with Crippen molar-refractivity contribution in [2.24, 2.45) is 0 Å². The van der Waals surface area contributed by atoms with E-state index in [0.717, 1.165) is 33.3 Å². The van der Waals surface area contributed by atoms with Crippen LogP contribution in [0.15, 0.2) is 59.4 Å². The van der Waals surface area contributed by atoms with Gasteiger partial charge in [0, 0.05) is 21.2 Å². The lowest BCUT2D eigenvalue weighted by Gasteiger charge is -2.10. The molecular weight excluding hydrogens is 463 g/mol. The molecule has 0 N–H and O–H groups in total. The first kappa shape index (κ1) is 21.0. The van der Waals surface area contributed by atoms with E-state index in [9.17, 15) is 4.79 Å². The highest BCUT2D eigenvalue weighted by Crippen LogP contribution is 2.25. The molecule has 2 aromatic heterocycles. The van der Waals surface area contributed by atoms with Gasteiger partial charge < -0.3 is 4.74 Å². The van der Waals surface area contributed by atoms with Crippen molar-refractivity contribution in [1.29, 1.82) is 0 Å². The zero-order chi connectivity index (χ0) is 22.4. The van der Waals surface area contributed by atoms with Crippen LogP contribution in [-0.4, -0.2) is 9.38 Å². The van der Waals surface area contributed by atoms with Crippen molar-refractivity contribution in [2.45, 2.75) is 20.5 Å². The molecule has 160 valence electrons. The highest BCUT2D eigenvalue weighted by molar-refractivity contribution is 7.15. The Bertz CT molecular complexity index is 1600. The molecule has 0 fully saturated rings. The van der Waals surface area contributed by atoms with Crippen molar-refractivity contribution in [1.82, 2.24) is 9.38 Å². The molecule has 0 aliphatic rings. The van der Waals surface area contributed by atoms with Crippen LogP contribution in [0.1, 0.15) is 22.3 Å². The molecule has 0 radical (unpaired) electrons. The smallest absolute Gasteiger partial charge is 0.274 e. The average Bonchev–Trinajstić information content (AvgIpc) is 3.28. The van der Waals surface area contributed by atoms with E-state index in [4.69, 9.17) is 32.9 Å². The van der Waals surface area contributed by atoms with Gasteiger partial charge in [0.1, 0.15) is 12.4 Å². The second-order valence-corrected chi connectivity index (χ2v) is 9.44. The average molecular weight is 481 g/mol. The molecule has 32 heavy (non-hydrogen) atoms. The lowest BCUT2D eigenvalue weighted by Crippen LogP contribution is -2.22. The molecule has 0 aliphatic heterocycles. The zero-order valence-electron chi connectivity index (χ0n) is 17.4. The van der Waals surface area contributed by atoms with Crippen molar-refractivity contribution >= 4 is 56.6 Å². The highest BCUT2D eigenvalue weighted by atomic mass is 35.5. The maximum atomic E-state index is 13.2. The molecule has 3 aromatic carbocycles. The van der Waals surface area contributed by atoms with Gasteiger partial charge in [-0.3, -0.25) is 4.79 Å². The van der Waals surface area contributed by atoms with E-state index in [0.29, 0.717) is 31.9 Å². The van der Waals surface area contributed by atoms with Crippen molar-refractivity contribution in [2.75, 3.05) is 0 Å². The first-order valence-corrected chi connectivity index (χ1v) is 11.6. The summed E-state index contributed by atoms with van der Waals surface area (Å²) in [6, 6.07) is 16.9. The SMILES string of the molecule is Cc1ccc2c(nc3s/c(=C/c4ccccc4OCc4ccc(Cl)cc4Cl)c(=O)n32)c1C. The van der Waals surface area contributed by atoms with Gasteiger partial charge in [-0.25, -0.2) is 9.38 Å². The molecule has 0 saturated heterocycles. The van der Waals surface area contributed by atoms with Gasteiger partial charge in [-0.15, -0.1) is 0 Å². The minimum absolute atomic E-state index is 0.0775. The number of aromatic nitrogens is 2. The molecule has 0 atom stereocenters. The Kier molecular flexibility index (Phi) is 5.41. The van der Waals surface area contributed by atoms with Crippen LogP contribution in [0.25, 0.3) is 22.1 Å². The van der Waals surface area contributed by atoms with Crippen LogP contribution in [0.2, 0.25) is 10.0 Å². The summed E-state index contributed by atoms with van der Waals surface area (Å²) in [5, 5.41) is 1.13. The highest BCUT2D eigenvalue weighted by Gasteiger charge is 2.14. The summed E-state index contributed by atoms with van der Waals surface area (Å²) in [5.41, 5.74) is 5.55. The molecular formula is C25H18Cl2N2O2S. The maximum absolute atomic E-state index is 13.2. The Hall–Kier alpha value is -2.86. The normalized spacial score (nSPS) is 12.2. The summed E-state index contributed by atoms with van der Waals surface area (Å²) in [7, 11) is 0. The van der Waals surface area contributed by atoms with Crippen molar-refractivity contribution in [3.63, 3.8) is 0 Å². The van der Waals surface area contributed by atoms with Crippen LogP contribution in [0, 0.1) is 13.8 Å². The zero-order valence-corrected chi connectivity index (χ0v) is 19.7. The van der Waals surface area contributed by atoms with E-state index >= 15 is 0 Å². The summed E-state index contributed by atoms with van der Waals surface area (Å²) in [5.74, 6) is 0.667. The number of ether oxygens (including phenoxy) is 1. The lowest BCUT2D eigenvalue weighted by atomic mass is 10.1. The Labute approximate surface area is 198 Å². The minimum Gasteiger partial charge on any atom is -0.488 e. The number of imidazole rings is 1. The molecule has 0 saturated carbocycles. The summed E-state index contributed by atoms with van der Waals surface area (Å²) in [6.45, 7) is 4.38. The Morgan fingerprint density at radius 2 is 1.91 bits per heavy atom. The molecule has 7 heteroatoms. The van der Waals surface area contributed by atoms with Crippen LogP contribution in [0.4, 0.5) is 0 Å². The Morgan fingerprint density at radius 3 is 2.72 bits per heavy atom. The van der Waals surface area contributed by atoms with E-state index in [1.54, 1.807) is 16.5 Å². The van der Waals surface area contributed by atoms with E-state index in [2.05, 4.69) is 0 Å². The van der Waals surface area contributed by atoms with Gasteiger partial charge in [0.2, 0.25) is 0 Å². The molecule has 0 bridgehead atoms. The molecule has 0 amide bonds. The molecule has 4 nitrogen and oxygen atoms in total. The molecule has 5 aromatic rings. The van der Waals surface area contributed by atoms with Crippen LogP contribution < -0.4 is 14.8 Å². The van der Waals surface area contributed by atoms with Crippen molar-refractivity contribution < 1.29 is 4.74 Å². The summed E-state index contributed by atoms with van der Waals surface area (Å²) in [4.78, 5) is 18.6. The van der Waals surface area contributed by atoms with Gasteiger partial charge in [0.05, 0.1) is 15.6 Å². The maximum Gasteiger partial charge on any atom is 0.274 e. The van der Waals surface area contributed by atoms with E-state index in [-0.39, 0.29) is 5.56 Å². The first-order valence-electron chi connectivity index (χ1n) is 10.0. The largest absolute Gasteiger partial charge is 0.488 e. The molecule has 0 spiro atoms. The number of hydrogen-bond donors (Lipinski definition) is 0. The van der Waals surface area contributed by atoms with E-state index in [1.807, 2.05) is 62.4 Å². The summed E-state index contributed by atoms with van der Waals surface area (Å²) < 4.78 is 8.33. The Balaban J connectivity index is 1.55. The van der Waals surface area contributed by atoms with Crippen LogP contribution in [0.5, 0.6) is 5.75 Å². The number of aryl methyl sites for hydroxylation is 2. The van der Waals surface area contributed by atoms with Crippen molar-refractivity contribution in [3.05, 3.63) is 102 Å². The van der Waals surface area contributed by atoms with Gasteiger partial charge in [0.25, 0.3) is 5.56 Å². The molecule has 0 unspecified atom stereocenters. The lowest BCUT2D eigenvalue weighted by molar-refractivity contribution is 0.305. The van der Waals surface area contributed by atoms with E-state index in [1.165, 1.54) is 11.3 Å². The predicted octanol–water partition coefficient (Wildman–Crippen LogP) is 5.96. The Morgan fingerprint density at radius 1 is 1.09 bits per heavy atom. The van der Waals surface area contributed by atoms with Crippen LogP contribution >= 0.6 is 34.5 Å². The van der Waals surface area contributed by atoms with Crippen LogP contribution in [0.3, 0.4) is 0 Å². The third kappa shape index (κ3) is 3.66. The number of hydrogen-bond acceptors (Lipinski definition) is 4. The number of thiazole rings is 1. The monoisotopic (exact) mass is 480 g/mol. The molecule has 5 rings (SSSR count). The first-order chi connectivity index (χ1) is 15.4. The van der Waals surface area contributed by atoms with Crippen molar-refractivity contribution in [3.8, 4) is 5.75 Å². The third-order valence-electron chi connectivity index (χ3n) is 5.54. The predicted molar refractivity (Wildman–Crippen MR) is 132 cm³/mol. The van der Waals surface area contributed by atoms with Gasteiger partial charge in [-0.1, -0.05) is 64.9 Å². The second-order valence-electron chi connectivity index (χ2n) is 7.58. The van der Waals surface area contributed by atoms with Gasteiger partial charge >= 0.3 is 0 Å². The fourth-order valence-electron chi connectivity index (χ4n) is 3.63. The minimum atomic E-state index is -0.0775. The second kappa shape index (κ2) is 8.24. The summed E-state index contributed by atoms with van der Waals surface area (Å²) in [6.07, 6.45) is 1.85. The van der Waals surface area contributed by atoms with E-state index < -0.39 is 0 Å². The van der Waals surface area contributed by atoms with Gasteiger partial charge in [-0.05, 0) is 55.3 Å². The fourth-order valence-corrected chi connectivity index (χ4v) is 5.07. The molecule has 0 aliphatic carbocycles. The topological polar surface area (TPSA) is 43.6 Å². The number of nitrogens with zero attached hydrogens (tertiary/aromatic N) is 2. The number of halogens is 2. The molecule has 2 heterocycles. The number of fused-ring (bicyclic) bond motifs is 3. The standard InChI is InChI=1S/C25H18Cl2N2O2S/c1-14-7-10-20-23(15(14)2)28-25-29(20)24(30)22(32-25)11-16-5-3-4-6-21(16)31-13-17-8-9-18(26)12-19(17)27/h3-12H,13H2,1-2H3/b22-11+. The van der Waals surface area contributed by atoms with Gasteiger partial charge in [-0.2, -0.15) is 0 Å². The quantitative estimate of drug-likeness (QED) is 0.318. The summed E-state index contributed by atoms with van der Waals surface area (Å²) >= 11 is 13.6.